The molecule has 0 aliphatic carbocycles. The van der Waals surface area contributed by atoms with Crippen molar-refractivity contribution < 1.29 is 19.1 Å². The van der Waals surface area contributed by atoms with Crippen LogP contribution in [0.2, 0.25) is 0 Å². The Morgan fingerprint density at radius 2 is 1.78 bits per heavy atom. The molecule has 0 radical (unpaired) electrons. The number of pyridine rings is 1. The minimum absolute atomic E-state index is 0.109. The summed E-state index contributed by atoms with van der Waals surface area (Å²) >= 11 is 0. The molecule has 0 amide bonds. The van der Waals surface area contributed by atoms with Crippen LogP contribution >= 0.6 is 0 Å². The molecule has 18 heavy (non-hydrogen) atoms. The summed E-state index contributed by atoms with van der Waals surface area (Å²) in [6.45, 7) is -0.218. The number of carbonyl (C=O) groups is 2. The van der Waals surface area contributed by atoms with E-state index in [0.29, 0.717) is 11.6 Å². The van der Waals surface area contributed by atoms with Crippen LogP contribution < -0.4 is 10.6 Å². The molecule has 0 saturated carbocycles. The van der Waals surface area contributed by atoms with Gasteiger partial charge in [0.25, 0.3) is 0 Å². The molecule has 0 unspecified atom stereocenters. The number of hydrogen-bond donors (Lipinski definition) is 1. The third kappa shape index (κ3) is 3.93. The first-order valence-electron chi connectivity index (χ1n) is 5.18. The number of esters is 2. The fourth-order valence-electron chi connectivity index (χ4n) is 1.27. The lowest BCUT2D eigenvalue weighted by Gasteiger charge is -2.21. The highest BCUT2D eigenvalue weighted by atomic mass is 16.5. The van der Waals surface area contributed by atoms with Crippen molar-refractivity contribution in [2.45, 2.75) is 0 Å². The highest BCUT2D eigenvalue weighted by molar-refractivity contribution is 5.80. The lowest BCUT2D eigenvalue weighted by atomic mass is 10.4. The molecular formula is C11H15N3O4. The molecule has 7 heteroatoms. The van der Waals surface area contributed by atoms with Gasteiger partial charge in [-0.3, -0.25) is 9.59 Å². The number of ether oxygens (including phenoxy) is 2. The SMILES string of the molecule is COC(=O)CN(CC(=O)OC)c1cccc(N)n1. The molecule has 0 aliphatic heterocycles. The van der Waals surface area contributed by atoms with E-state index in [0.717, 1.165) is 0 Å². The quantitative estimate of drug-likeness (QED) is 0.727. The topological polar surface area (TPSA) is 94.8 Å². The summed E-state index contributed by atoms with van der Waals surface area (Å²) < 4.78 is 9.11. The molecule has 0 bridgehead atoms. The van der Waals surface area contributed by atoms with Crippen molar-refractivity contribution in [1.29, 1.82) is 0 Å². The maximum absolute atomic E-state index is 11.3. The predicted molar refractivity (Wildman–Crippen MR) is 64.9 cm³/mol. The zero-order valence-electron chi connectivity index (χ0n) is 10.3. The highest BCUT2D eigenvalue weighted by Crippen LogP contribution is 2.12. The van der Waals surface area contributed by atoms with Crippen molar-refractivity contribution in [3.63, 3.8) is 0 Å². The van der Waals surface area contributed by atoms with E-state index in [9.17, 15) is 9.59 Å². The first kappa shape index (κ1) is 13.8. The number of nitrogens with two attached hydrogens (primary N) is 1. The van der Waals surface area contributed by atoms with Gasteiger partial charge < -0.3 is 20.1 Å². The lowest BCUT2D eigenvalue weighted by molar-refractivity contribution is -0.140. The van der Waals surface area contributed by atoms with Crippen LogP contribution in [0.5, 0.6) is 0 Å². The van der Waals surface area contributed by atoms with Gasteiger partial charge in [-0.15, -0.1) is 0 Å². The fourth-order valence-corrected chi connectivity index (χ4v) is 1.27. The van der Waals surface area contributed by atoms with Crippen molar-refractivity contribution >= 4 is 23.6 Å². The van der Waals surface area contributed by atoms with Crippen molar-refractivity contribution in [3.8, 4) is 0 Å². The standard InChI is InChI=1S/C11H15N3O4/c1-17-10(15)6-14(7-11(16)18-2)9-5-3-4-8(12)13-9/h3-5H,6-7H2,1-2H3,(H2,12,13). The van der Waals surface area contributed by atoms with Gasteiger partial charge >= 0.3 is 11.9 Å². The third-order valence-electron chi connectivity index (χ3n) is 2.18. The second kappa shape index (κ2) is 6.43. The van der Waals surface area contributed by atoms with E-state index in [2.05, 4.69) is 14.5 Å². The molecule has 98 valence electrons. The summed E-state index contributed by atoms with van der Waals surface area (Å²) in [7, 11) is 2.54. The van der Waals surface area contributed by atoms with Crippen molar-refractivity contribution in [2.24, 2.45) is 0 Å². The molecule has 0 aliphatic rings. The Labute approximate surface area is 104 Å². The Morgan fingerprint density at radius 3 is 2.22 bits per heavy atom. The van der Waals surface area contributed by atoms with E-state index in [1.807, 2.05) is 0 Å². The van der Waals surface area contributed by atoms with Gasteiger partial charge in [-0.2, -0.15) is 0 Å². The van der Waals surface area contributed by atoms with Gasteiger partial charge in [0.1, 0.15) is 24.7 Å². The summed E-state index contributed by atoms with van der Waals surface area (Å²) in [5.74, 6) is -0.260. The van der Waals surface area contributed by atoms with E-state index in [-0.39, 0.29) is 13.1 Å². The largest absolute Gasteiger partial charge is 0.468 e. The third-order valence-corrected chi connectivity index (χ3v) is 2.18. The van der Waals surface area contributed by atoms with Gasteiger partial charge in [-0.05, 0) is 12.1 Å². The van der Waals surface area contributed by atoms with Crippen LogP contribution in [0, 0.1) is 0 Å². The first-order chi connectivity index (χ1) is 8.56. The highest BCUT2D eigenvalue weighted by Gasteiger charge is 2.17. The monoisotopic (exact) mass is 253 g/mol. The zero-order valence-corrected chi connectivity index (χ0v) is 10.3. The number of carbonyl (C=O) groups excluding carboxylic acids is 2. The van der Waals surface area contributed by atoms with Gasteiger partial charge in [-0.25, -0.2) is 4.98 Å². The number of hydrogen-bond acceptors (Lipinski definition) is 7. The predicted octanol–water partition coefficient (Wildman–Crippen LogP) is -0.184. The lowest BCUT2D eigenvalue weighted by Crippen LogP contribution is -2.36. The summed E-state index contributed by atoms with van der Waals surface area (Å²) in [4.78, 5) is 28.0. The maximum Gasteiger partial charge on any atom is 0.325 e. The normalized spacial score (nSPS) is 9.67. The van der Waals surface area contributed by atoms with E-state index in [1.54, 1.807) is 18.2 Å². The Balaban J connectivity index is 2.88. The Bertz CT molecular complexity index is 418. The van der Waals surface area contributed by atoms with Crippen LogP contribution in [-0.2, 0) is 19.1 Å². The molecular weight excluding hydrogens is 238 g/mol. The minimum atomic E-state index is -0.483. The molecule has 0 aromatic carbocycles. The molecule has 1 aromatic heterocycles. The van der Waals surface area contributed by atoms with Crippen molar-refractivity contribution in [1.82, 2.24) is 4.98 Å². The number of rotatable bonds is 5. The van der Waals surface area contributed by atoms with Crippen LogP contribution in [0.3, 0.4) is 0 Å². The number of anilines is 2. The average molecular weight is 253 g/mol. The van der Waals surface area contributed by atoms with Crippen LogP contribution in [0.25, 0.3) is 0 Å². The summed E-state index contributed by atoms with van der Waals surface area (Å²) in [5.41, 5.74) is 5.55. The Hall–Kier alpha value is -2.31. The average Bonchev–Trinajstić information content (AvgIpc) is 2.37. The van der Waals surface area contributed by atoms with E-state index in [1.165, 1.54) is 19.1 Å². The van der Waals surface area contributed by atoms with Gasteiger partial charge in [-0.1, -0.05) is 6.07 Å². The van der Waals surface area contributed by atoms with Gasteiger partial charge in [0, 0.05) is 0 Å². The smallest absolute Gasteiger partial charge is 0.325 e. The zero-order chi connectivity index (χ0) is 13.5. The molecule has 0 saturated heterocycles. The molecule has 0 fully saturated rings. The van der Waals surface area contributed by atoms with Crippen molar-refractivity contribution in [2.75, 3.05) is 37.9 Å². The Morgan fingerprint density at radius 1 is 1.22 bits per heavy atom. The van der Waals surface area contributed by atoms with Gasteiger partial charge in [0.15, 0.2) is 0 Å². The molecule has 7 nitrogen and oxygen atoms in total. The number of methoxy groups -OCH3 is 2. The maximum atomic E-state index is 11.3. The van der Waals surface area contributed by atoms with Crippen LogP contribution in [0.4, 0.5) is 11.6 Å². The van der Waals surface area contributed by atoms with Crippen molar-refractivity contribution in [3.05, 3.63) is 18.2 Å². The molecule has 1 aromatic rings. The molecule has 2 N–H and O–H groups in total. The van der Waals surface area contributed by atoms with E-state index in [4.69, 9.17) is 5.73 Å². The fraction of sp³-hybridized carbons (Fsp3) is 0.364. The van der Waals surface area contributed by atoms with Gasteiger partial charge in [0.2, 0.25) is 0 Å². The van der Waals surface area contributed by atoms with Crippen LogP contribution in [0.1, 0.15) is 0 Å². The Kier molecular flexibility index (Phi) is 4.91. The minimum Gasteiger partial charge on any atom is -0.468 e. The second-order valence-corrected chi connectivity index (χ2v) is 3.43. The van der Waals surface area contributed by atoms with E-state index < -0.39 is 11.9 Å². The number of nitrogens with zero attached hydrogens (tertiary/aromatic N) is 2. The number of nitrogen functional groups attached to an aromatic ring is 1. The summed E-state index contributed by atoms with van der Waals surface area (Å²) in [6.07, 6.45) is 0. The molecule has 0 spiro atoms. The van der Waals surface area contributed by atoms with E-state index >= 15 is 0 Å². The summed E-state index contributed by atoms with van der Waals surface area (Å²) in [5, 5.41) is 0. The van der Waals surface area contributed by atoms with Crippen LogP contribution in [0.15, 0.2) is 18.2 Å². The number of aromatic nitrogens is 1. The van der Waals surface area contributed by atoms with Crippen LogP contribution in [-0.4, -0.2) is 44.2 Å². The summed E-state index contributed by atoms with van der Waals surface area (Å²) in [6, 6.07) is 4.93. The molecule has 0 atom stereocenters. The second-order valence-electron chi connectivity index (χ2n) is 3.43. The molecule has 1 rings (SSSR count). The first-order valence-corrected chi connectivity index (χ1v) is 5.18. The van der Waals surface area contributed by atoms with Gasteiger partial charge in [0.05, 0.1) is 14.2 Å². The molecule has 1 heterocycles.